The van der Waals surface area contributed by atoms with E-state index in [1.807, 2.05) is 74.5 Å². The second-order valence-corrected chi connectivity index (χ2v) is 6.63. The molecule has 0 saturated carbocycles. The molecule has 5 heteroatoms. The molecule has 3 aromatic carbocycles. The van der Waals surface area contributed by atoms with Crippen LogP contribution in [-0.2, 0) is 0 Å². The van der Waals surface area contributed by atoms with E-state index in [9.17, 15) is 4.79 Å². The lowest BCUT2D eigenvalue weighted by molar-refractivity contribution is 0.102. The summed E-state index contributed by atoms with van der Waals surface area (Å²) in [5.41, 5.74) is 5.72. The van der Waals surface area contributed by atoms with E-state index in [2.05, 4.69) is 15.5 Å². The van der Waals surface area contributed by atoms with Gasteiger partial charge in [-0.05, 0) is 48.7 Å². The first kappa shape index (κ1) is 17.7. The van der Waals surface area contributed by atoms with Gasteiger partial charge in [-0.1, -0.05) is 65.3 Å². The van der Waals surface area contributed by atoms with Crippen molar-refractivity contribution in [2.45, 2.75) is 13.8 Å². The van der Waals surface area contributed by atoms with Crippen LogP contribution in [0, 0.1) is 13.8 Å². The van der Waals surface area contributed by atoms with Gasteiger partial charge in [0.2, 0.25) is 5.89 Å². The minimum atomic E-state index is -0.296. The summed E-state index contributed by atoms with van der Waals surface area (Å²) in [7, 11) is 0. The van der Waals surface area contributed by atoms with Gasteiger partial charge in [-0.2, -0.15) is 0 Å². The molecule has 1 N–H and O–H groups in total. The molecule has 0 radical (unpaired) electrons. The summed E-state index contributed by atoms with van der Waals surface area (Å²) < 4.78 is 5.62. The first-order chi connectivity index (χ1) is 13.6. The monoisotopic (exact) mass is 369 g/mol. The van der Waals surface area contributed by atoms with Crippen LogP contribution in [0.4, 0.5) is 6.01 Å². The molecule has 0 saturated heterocycles. The van der Waals surface area contributed by atoms with Crippen LogP contribution in [0.1, 0.15) is 21.5 Å². The van der Waals surface area contributed by atoms with Crippen molar-refractivity contribution in [1.29, 1.82) is 0 Å². The molecule has 0 bridgehead atoms. The fraction of sp³-hybridized carbons (Fsp3) is 0.0870. The van der Waals surface area contributed by atoms with E-state index in [0.717, 1.165) is 27.8 Å². The second kappa shape index (κ2) is 7.48. The molecule has 28 heavy (non-hydrogen) atoms. The molecule has 0 aliphatic rings. The van der Waals surface area contributed by atoms with Crippen LogP contribution < -0.4 is 5.32 Å². The molecular weight excluding hydrogens is 350 g/mol. The van der Waals surface area contributed by atoms with Gasteiger partial charge in [0, 0.05) is 11.1 Å². The third-order valence-electron chi connectivity index (χ3n) is 4.51. The Morgan fingerprint density at radius 2 is 1.57 bits per heavy atom. The highest BCUT2D eigenvalue weighted by molar-refractivity contribution is 6.03. The molecule has 0 unspecified atom stereocenters. The SMILES string of the molecule is Cc1ccc(-c2nnc(NC(=O)c3ccc(-c4ccccc4)cc3)o2)c(C)c1. The van der Waals surface area contributed by atoms with Gasteiger partial charge in [0.25, 0.3) is 5.91 Å². The Morgan fingerprint density at radius 1 is 0.857 bits per heavy atom. The van der Waals surface area contributed by atoms with Crippen LogP contribution in [0.25, 0.3) is 22.6 Å². The first-order valence-corrected chi connectivity index (χ1v) is 8.98. The van der Waals surface area contributed by atoms with Crippen LogP contribution in [0.15, 0.2) is 77.2 Å². The number of hydrogen-bond acceptors (Lipinski definition) is 4. The summed E-state index contributed by atoms with van der Waals surface area (Å²) in [6.45, 7) is 4.01. The highest BCUT2D eigenvalue weighted by Crippen LogP contribution is 2.25. The fourth-order valence-electron chi connectivity index (χ4n) is 3.05. The van der Waals surface area contributed by atoms with Crippen LogP contribution in [0.5, 0.6) is 0 Å². The number of amides is 1. The average Bonchev–Trinajstić information content (AvgIpc) is 3.17. The smallest absolute Gasteiger partial charge is 0.322 e. The lowest BCUT2D eigenvalue weighted by Gasteiger charge is -2.04. The van der Waals surface area contributed by atoms with Gasteiger partial charge in [0.05, 0.1) is 0 Å². The highest BCUT2D eigenvalue weighted by atomic mass is 16.4. The zero-order valence-electron chi connectivity index (χ0n) is 15.6. The minimum absolute atomic E-state index is 0.0760. The Labute approximate surface area is 163 Å². The number of nitrogens with one attached hydrogen (secondary N) is 1. The largest absolute Gasteiger partial charge is 0.403 e. The molecule has 138 valence electrons. The highest BCUT2D eigenvalue weighted by Gasteiger charge is 2.14. The Morgan fingerprint density at radius 3 is 2.29 bits per heavy atom. The molecule has 4 aromatic rings. The average molecular weight is 369 g/mol. The topological polar surface area (TPSA) is 68.0 Å². The van der Waals surface area contributed by atoms with Crippen molar-refractivity contribution in [2.24, 2.45) is 0 Å². The van der Waals surface area contributed by atoms with Crippen LogP contribution in [-0.4, -0.2) is 16.1 Å². The van der Waals surface area contributed by atoms with Gasteiger partial charge in [-0.3, -0.25) is 10.1 Å². The normalized spacial score (nSPS) is 10.6. The Bertz CT molecular complexity index is 1120. The summed E-state index contributed by atoms with van der Waals surface area (Å²) in [5, 5.41) is 10.6. The van der Waals surface area contributed by atoms with Crippen molar-refractivity contribution in [3.63, 3.8) is 0 Å². The number of carbonyl (C=O) groups is 1. The third-order valence-corrected chi connectivity index (χ3v) is 4.51. The first-order valence-electron chi connectivity index (χ1n) is 8.98. The molecule has 5 nitrogen and oxygen atoms in total. The molecule has 0 spiro atoms. The predicted molar refractivity (Wildman–Crippen MR) is 109 cm³/mol. The Kier molecular flexibility index (Phi) is 4.72. The standard InChI is InChI=1S/C23H19N3O2/c1-15-8-13-20(16(2)14-15)22-25-26-23(28-22)24-21(27)19-11-9-18(10-12-19)17-6-4-3-5-7-17/h3-14H,1-2H3,(H,24,26,27). The van der Waals surface area contributed by atoms with E-state index in [4.69, 9.17) is 4.42 Å². The lowest BCUT2D eigenvalue weighted by Crippen LogP contribution is -2.11. The molecule has 4 rings (SSSR count). The Hall–Kier alpha value is -3.73. The zero-order valence-corrected chi connectivity index (χ0v) is 15.6. The van der Waals surface area contributed by atoms with Crippen molar-refractivity contribution < 1.29 is 9.21 Å². The summed E-state index contributed by atoms with van der Waals surface area (Å²) in [6, 6.07) is 23.4. The number of nitrogens with zero attached hydrogens (tertiary/aromatic N) is 2. The van der Waals surface area contributed by atoms with Crippen LogP contribution in [0.2, 0.25) is 0 Å². The zero-order chi connectivity index (χ0) is 19.5. The van der Waals surface area contributed by atoms with Crippen LogP contribution >= 0.6 is 0 Å². The van der Waals surface area contributed by atoms with E-state index in [1.54, 1.807) is 12.1 Å². The van der Waals surface area contributed by atoms with Crippen molar-refractivity contribution in [3.05, 3.63) is 89.5 Å². The number of aryl methyl sites for hydroxylation is 2. The molecule has 1 heterocycles. The van der Waals surface area contributed by atoms with Crippen molar-refractivity contribution in [1.82, 2.24) is 10.2 Å². The summed E-state index contributed by atoms with van der Waals surface area (Å²) >= 11 is 0. The van der Waals surface area contributed by atoms with Crippen molar-refractivity contribution >= 4 is 11.9 Å². The molecule has 0 aliphatic heterocycles. The quantitative estimate of drug-likeness (QED) is 0.532. The van der Waals surface area contributed by atoms with Gasteiger partial charge in [-0.15, -0.1) is 5.10 Å². The number of anilines is 1. The molecule has 0 aliphatic carbocycles. The van der Waals surface area contributed by atoms with Crippen LogP contribution in [0.3, 0.4) is 0 Å². The van der Waals surface area contributed by atoms with Crippen molar-refractivity contribution in [2.75, 3.05) is 5.32 Å². The maximum absolute atomic E-state index is 12.5. The molecule has 1 amide bonds. The summed E-state index contributed by atoms with van der Waals surface area (Å²) in [4.78, 5) is 12.5. The minimum Gasteiger partial charge on any atom is -0.403 e. The van der Waals surface area contributed by atoms with E-state index in [1.165, 1.54) is 0 Å². The number of carbonyl (C=O) groups excluding carboxylic acids is 1. The number of hydrogen-bond donors (Lipinski definition) is 1. The molecule has 0 atom stereocenters. The molecule has 0 fully saturated rings. The second-order valence-electron chi connectivity index (χ2n) is 6.63. The summed E-state index contributed by atoms with van der Waals surface area (Å²) in [6.07, 6.45) is 0. The number of rotatable bonds is 4. The maximum atomic E-state index is 12.5. The van der Waals surface area contributed by atoms with E-state index in [-0.39, 0.29) is 11.9 Å². The van der Waals surface area contributed by atoms with E-state index in [0.29, 0.717) is 11.5 Å². The maximum Gasteiger partial charge on any atom is 0.322 e. The molecule has 1 aromatic heterocycles. The van der Waals surface area contributed by atoms with Gasteiger partial charge in [0.15, 0.2) is 0 Å². The number of benzene rings is 3. The van der Waals surface area contributed by atoms with Gasteiger partial charge in [0.1, 0.15) is 0 Å². The predicted octanol–water partition coefficient (Wildman–Crippen LogP) is 5.27. The summed E-state index contributed by atoms with van der Waals surface area (Å²) in [5.74, 6) is 0.0858. The third kappa shape index (κ3) is 3.69. The van der Waals surface area contributed by atoms with Gasteiger partial charge >= 0.3 is 6.01 Å². The van der Waals surface area contributed by atoms with E-state index < -0.39 is 0 Å². The molecular formula is C23H19N3O2. The number of aromatic nitrogens is 2. The Balaban J connectivity index is 1.49. The fourth-order valence-corrected chi connectivity index (χ4v) is 3.05. The van der Waals surface area contributed by atoms with Gasteiger partial charge in [-0.25, -0.2) is 0 Å². The van der Waals surface area contributed by atoms with Crippen molar-refractivity contribution in [3.8, 4) is 22.6 Å². The van der Waals surface area contributed by atoms with Gasteiger partial charge < -0.3 is 4.42 Å². The van der Waals surface area contributed by atoms with E-state index >= 15 is 0 Å². The lowest BCUT2D eigenvalue weighted by atomic mass is 10.0.